The normalized spacial score (nSPS) is 10.9. The minimum Gasteiger partial charge on any atom is -0.444 e. The molecular weight excluding hydrogens is 1840 g/mol. The van der Waals surface area contributed by atoms with Crippen LogP contribution in [0.5, 0.6) is 0 Å². The Morgan fingerprint density at radius 1 is 0.348 bits per heavy atom. The maximum Gasteiger partial charge on any atom is 0.412 e. The Balaban J connectivity index is 0.000000159. The Morgan fingerprint density at radius 2 is 0.638 bits per heavy atom. The van der Waals surface area contributed by atoms with Crippen molar-refractivity contribution in [2.45, 2.75) is 106 Å². The predicted octanol–water partition coefficient (Wildman–Crippen LogP) is 23.4. The maximum atomic E-state index is 12.8. The van der Waals surface area contributed by atoms with Gasteiger partial charge in [0, 0.05) is 77.4 Å². The second kappa shape index (κ2) is 45.7. The zero-order valence-electron chi connectivity index (χ0n) is 76.3. The van der Waals surface area contributed by atoms with E-state index in [0.29, 0.717) is 126 Å². The van der Waals surface area contributed by atoms with E-state index >= 15 is 0 Å². The molecule has 16 rings (SSSR count). The Hall–Kier alpha value is -16.8. The molecule has 138 heavy (non-hydrogen) atoms. The van der Waals surface area contributed by atoms with Crippen molar-refractivity contribution in [1.82, 2.24) is 19.9 Å². The van der Waals surface area contributed by atoms with Crippen molar-refractivity contribution in [3.05, 3.63) is 337 Å². The highest BCUT2D eigenvalue weighted by Gasteiger charge is 2.24. The number of thiazole rings is 4. The molecule has 0 fully saturated rings. The molecule has 0 bridgehead atoms. The summed E-state index contributed by atoms with van der Waals surface area (Å²) in [6.07, 6.45) is -1.10. The van der Waals surface area contributed by atoms with Gasteiger partial charge in [0.05, 0.1) is 96.2 Å². The summed E-state index contributed by atoms with van der Waals surface area (Å²) in [4.78, 5) is 135. The minimum absolute atomic E-state index is 0.0276. The summed E-state index contributed by atoms with van der Waals surface area (Å²) < 4.78 is 19.5. The molecule has 0 saturated heterocycles. The summed E-state index contributed by atoms with van der Waals surface area (Å²) in [5.74, 6) is -1.15. The van der Waals surface area contributed by atoms with Gasteiger partial charge in [0.1, 0.15) is 23.1 Å². The molecule has 0 radical (unpaired) electrons. The average Bonchev–Trinajstić information content (AvgIpc) is 1.76. The number of nitrogens with one attached hydrogen (secondary N) is 10. The van der Waals surface area contributed by atoms with Crippen molar-refractivity contribution in [1.29, 1.82) is 0 Å². The lowest BCUT2D eigenvalue weighted by molar-refractivity contribution is -0.384. The number of para-hydroxylation sites is 8. The predicted molar refractivity (Wildman–Crippen MR) is 550 cm³/mol. The molecule has 0 saturated carbocycles. The third kappa shape index (κ3) is 30.1. The Kier molecular flexibility index (Phi) is 33.2. The van der Waals surface area contributed by atoms with Crippen LogP contribution in [0.25, 0.3) is 40.9 Å². The third-order valence-corrected chi connectivity index (χ3v) is 22.8. The van der Waals surface area contributed by atoms with Gasteiger partial charge in [0.25, 0.3) is 35.0 Å². The van der Waals surface area contributed by atoms with E-state index in [2.05, 4.69) is 92.2 Å². The quantitative estimate of drug-likeness (QED) is 0.00930. The molecule has 16 aromatic rings. The number of rotatable bonds is 23. The molecule has 0 unspecified atom stereocenters. The molecule has 706 valence electrons. The monoisotopic (exact) mass is 1930 g/mol. The van der Waals surface area contributed by atoms with Gasteiger partial charge in [-0.25, -0.2) is 34.3 Å². The lowest BCUT2D eigenvalue weighted by Crippen LogP contribution is -2.27. The van der Waals surface area contributed by atoms with Gasteiger partial charge in [-0.2, -0.15) is 0 Å². The summed E-state index contributed by atoms with van der Waals surface area (Å²) in [5.41, 5.74) is 29.9. The van der Waals surface area contributed by atoms with Gasteiger partial charge in [0.15, 0.2) is 20.5 Å². The molecule has 4 aromatic heterocycles. The largest absolute Gasteiger partial charge is 0.444 e. The van der Waals surface area contributed by atoms with Crippen molar-refractivity contribution in [2.24, 2.45) is 0 Å². The van der Waals surface area contributed by atoms with Crippen molar-refractivity contribution >= 4 is 217 Å². The number of carbonyl (C=O) groups excluding carboxylic acids is 8. The molecule has 16 N–H and O–H groups in total. The van der Waals surface area contributed by atoms with Crippen molar-refractivity contribution in [3.63, 3.8) is 0 Å². The fourth-order valence-corrected chi connectivity index (χ4v) is 16.1. The first-order chi connectivity index (χ1) is 65.8. The van der Waals surface area contributed by atoms with Crippen LogP contribution in [0.3, 0.4) is 0 Å². The number of non-ortho nitro benzene ring substituents is 2. The first-order valence-electron chi connectivity index (χ1n) is 42.6. The standard InChI is InChI=1S/C26H25N5O5S.C26H27N5O3S.C22H20N4OS.C19H20N2O4.C7H5N3O2S/c1-26(2,3)36-25(33)30-20-7-5-4-6-19(20)28-23(32)17-10-8-16(9-11-17)15-27-24-29-21-13-12-18(31(34)35)14-22(21)37-24;1-26(2,3)34-25(33)31-20-7-5-4-6-19(20)29-23(32)17-10-8-16(9-11-17)15-28-24-30-21-13-12-18(27)14-22(21)35-24;1-14-6-11-19-20(12-14)28-22(26-19)24-13-15-7-9-16(10-8-15)21(27)25-18-5-3-2-4-17(18)23;1-19(2,3)25-18(24)21-16-7-5-4-6-15(16)20-17(23)14-10-8-13(12-22)9-11-14;8-7-9-5-2-1-4(10(11)12)3-6(5)13-7/h4-14H,15H2,1-3H3,(H,27,29)(H,28,32)(H,30,33);4-14H,15,27H2,1-3H3,(H,28,30)(H,29,32)(H,31,33);2-12H,13,23H2,1H3,(H,24,26)(H,25,27);4-12H,1-3H3,(H,20,23)(H,21,24);1-3H,(H2,8,9). The third-order valence-electron chi connectivity index (χ3n) is 19.1. The van der Waals surface area contributed by atoms with Crippen LogP contribution in [-0.2, 0) is 33.8 Å². The van der Waals surface area contributed by atoms with E-state index in [1.54, 1.807) is 231 Å². The van der Waals surface area contributed by atoms with Gasteiger partial charge in [-0.15, -0.1) is 0 Å². The van der Waals surface area contributed by atoms with E-state index in [1.807, 2.05) is 84.9 Å². The molecule has 0 spiro atoms. The highest BCUT2D eigenvalue weighted by molar-refractivity contribution is 7.23. The SMILES string of the molecule is CC(C)(C)OC(=O)Nc1ccccc1NC(=O)c1ccc(C=O)cc1.CC(C)(C)OC(=O)Nc1ccccc1NC(=O)c1ccc(CNc2nc3ccc(N)cc3s2)cc1.CC(C)(C)OC(=O)Nc1ccccc1NC(=O)c1ccc(CNc2nc3ccc([N+](=O)[O-])cc3s2)cc1.Cc1ccc2nc(NCc3ccc(C(=O)Nc4ccccc4N)cc3)sc2c1.Nc1nc2ccc([N+](=O)[O-])cc2s1. The first kappa shape index (κ1) is 100. The summed E-state index contributed by atoms with van der Waals surface area (Å²) >= 11 is 5.77. The Labute approximate surface area is 807 Å². The number of nitro groups is 2. The number of amides is 7. The minimum atomic E-state index is -0.646. The van der Waals surface area contributed by atoms with E-state index in [0.717, 1.165) is 52.1 Å². The van der Waals surface area contributed by atoms with Crippen LogP contribution < -0.4 is 70.4 Å². The number of ether oxygens (including phenoxy) is 3. The number of fused-ring (bicyclic) bond motifs is 4. The first-order valence-corrected chi connectivity index (χ1v) is 45.8. The van der Waals surface area contributed by atoms with Gasteiger partial charge in [0.2, 0.25) is 0 Å². The molecule has 38 heteroatoms. The number of nitro benzene ring substituents is 2. The number of aromatic nitrogens is 4. The lowest BCUT2D eigenvalue weighted by atomic mass is 10.1. The van der Waals surface area contributed by atoms with Crippen molar-refractivity contribution in [3.8, 4) is 0 Å². The smallest absolute Gasteiger partial charge is 0.412 e. The second-order valence-electron chi connectivity index (χ2n) is 33.4. The highest BCUT2D eigenvalue weighted by Crippen LogP contribution is 2.35. The molecule has 0 aliphatic heterocycles. The second-order valence-corrected chi connectivity index (χ2v) is 37.6. The van der Waals surface area contributed by atoms with Gasteiger partial charge in [-0.05, 0) is 231 Å². The van der Waals surface area contributed by atoms with Crippen molar-refractivity contribution in [2.75, 3.05) is 70.4 Å². The van der Waals surface area contributed by atoms with Crippen LogP contribution in [0.4, 0.5) is 97.5 Å². The highest BCUT2D eigenvalue weighted by atomic mass is 32.1. The van der Waals surface area contributed by atoms with Gasteiger partial charge < -0.3 is 68.6 Å². The van der Waals surface area contributed by atoms with Gasteiger partial charge in [-0.1, -0.05) is 148 Å². The zero-order valence-corrected chi connectivity index (χ0v) is 79.5. The molecule has 7 amide bonds. The van der Waals surface area contributed by atoms with E-state index < -0.39 is 44.9 Å². The average molecular weight is 1930 g/mol. The number of aldehydes is 1. The lowest BCUT2D eigenvalue weighted by Gasteiger charge is -2.20. The van der Waals surface area contributed by atoms with Crippen molar-refractivity contribution < 1.29 is 62.4 Å². The van der Waals surface area contributed by atoms with E-state index in [1.165, 1.54) is 57.2 Å². The van der Waals surface area contributed by atoms with Crippen LogP contribution in [-0.4, -0.2) is 94.8 Å². The van der Waals surface area contributed by atoms with E-state index in [-0.39, 0.29) is 35.0 Å². The van der Waals surface area contributed by atoms with Crippen LogP contribution >= 0.6 is 45.3 Å². The summed E-state index contributed by atoms with van der Waals surface area (Å²) in [6, 6.07) is 76.9. The fourth-order valence-electron chi connectivity index (χ4n) is 12.6. The fraction of sp³-hybridized carbons (Fsp3) is 0.160. The number of benzene rings is 12. The summed E-state index contributed by atoms with van der Waals surface area (Å²) in [6.45, 7) is 19.7. The number of hydrogen-bond acceptors (Lipinski definition) is 29. The number of nitrogen functional groups attached to an aromatic ring is 3. The number of aryl methyl sites for hydroxylation is 1. The van der Waals surface area contributed by atoms with Crippen LogP contribution in [0.1, 0.15) is 136 Å². The number of hydrogen-bond donors (Lipinski definition) is 13. The molecule has 0 atom stereocenters. The van der Waals surface area contributed by atoms with Gasteiger partial charge in [-0.3, -0.25) is 60.2 Å². The number of nitrogens with zero attached hydrogens (tertiary/aromatic N) is 6. The zero-order chi connectivity index (χ0) is 99.0. The van der Waals surface area contributed by atoms with E-state index in [9.17, 15) is 58.6 Å². The number of nitrogens with two attached hydrogens (primary N) is 3. The summed E-state index contributed by atoms with van der Waals surface area (Å²) in [7, 11) is 0. The van der Waals surface area contributed by atoms with Crippen LogP contribution in [0, 0.1) is 27.2 Å². The Morgan fingerprint density at radius 3 is 0.978 bits per heavy atom. The molecule has 0 aliphatic carbocycles. The Bertz CT molecular complexity index is 7120. The van der Waals surface area contributed by atoms with Crippen LogP contribution in [0.2, 0.25) is 0 Å². The topological polar surface area (TPSA) is 500 Å². The summed E-state index contributed by atoms with van der Waals surface area (Å²) in [5, 5.41) is 53.2. The molecule has 12 aromatic carbocycles. The molecule has 0 aliphatic rings. The molecule has 34 nitrogen and oxygen atoms in total. The van der Waals surface area contributed by atoms with Crippen LogP contribution in [0.15, 0.2) is 267 Å². The van der Waals surface area contributed by atoms with E-state index in [4.69, 9.17) is 31.4 Å². The molecule has 4 heterocycles. The van der Waals surface area contributed by atoms with Gasteiger partial charge >= 0.3 is 18.3 Å². The number of carbonyl (C=O) groups is 8. The number of anilines is 13. The maximum absolute atomic E-state index is 12.8. The molecular formula is C100H97N19O15S4.